The van der Waals surface area contributed by atoms with Crippen molar-refractivity contribution < 1.29 is 0 Å². The number of hydrogen-bond acceptors (Lipinski definition) is 1. The number of nitrogens with zero attached hydrogens (tertiary/aromatic N) is 1. The van der Waals surface area contributed by atoms with E-state index >= 15 is 0 Å². The van der Waals surface area contributed by atoms with E-state index in [-0.39, 0.29) is 0 Å². The second-order valence-corrected chi connectivity index (χ2v) is 3.90. The van der Waals surface area contributed by atoms with E-state index in [9.17, 15) is 0 Å². The molecule has 1 nitrogen and oxygen atoms in total. The molecule has 74 valence electrons. The zero-order valence-corrected chi connectivity index (χ0v) is 8.52. The Kier molecular flexibility index (Phi) is 3.00. The summed E-state index contributed by atoms with van der Waals surface area (Å²) in [7, 11) is 0. The van der Waals surface area contributed by atoms with Crippen LogP contribution in [-0.4, -0.2) is 17.5 Å². The minimum absolute atomic E-state index is 0.593. The number of benzene rings is 1. The molecule has 0 bridgehead atoms. The van der Waals surface area contributed by atoms with Crippen molar-refractivity contribution in [3.8, 4) is 0 Å². The van der Waals surface area contributed by atoms with Crippen molar-refractivity contribution in [2.75, 3.05) is 6.54 Å². The monoisotopic (exact) mass is 187 g/mol. The zero-order valence-electron chi connectivity index (χ0n) is 8.52. The quantitative estimate of drug-likeness (QED) is 0.658. The van der Waals surface area contributed by atoms with E-state index in [4.69, 9.17) is 0 Å². The van der Waals surface area contributed by atoms with E-state index in [1.807, 2.05) is 0 Å². The van der Waals surface area contributed by atoms with Crippen LogP contribution in [0.3, 0.4) is 0 Å². The molecule has 1 heterocycles. The van der Waals surface area contributed by atoms with Gasteiger partial charge in [-0.2, -0.15) is 0 Å². The molecule has 0 spiro atoms. The lowest BCUT2D eigenvalue weighted by molar-refractivity contribution is 0.282. The van der Waals surface area contributed by atoms with Gasteiger partial charge in [-0.25, -0.2) is 0 Å². The molecule has 0 saturated carbocycles. The standard InChI is InChI=1S/C13H17N/c1-2-13-9-6-10-14(13)11-12-7-4-3-5-8-12/h2-5,7-8,13H,1,6,9-11H2. The summed E-state index contributed by atoms with van der Waals surface area (Å²) >= 11 is 0. The van der Waals surface area contributed by atoms with E-state index in [0.717, 1.165) is 6.54 Å². The van der Waals surface area contributed by atoms with Gasteiger partial charge in [0.1, 0.15) is 0 Å². The van der Waals surface area contributed by atoms with Crippen molar-refractivity contribution in [3.05, 3.63) is 48.6 Å². The summed E-state index contributed by atoms with van der Waals surface area (Å²) in [6.45, 7) is 6.17. The molecule has 1 atom stereocenters. The third-order valence-corrected chi connectivity index (χ3v) is 2.91. The fourth-order valence-electron chi connectivity index (χ4n) is 2.13. The third kappa shape index (κ3) is 2.05. The summed E-state index contributed by atoms with van der Waals surface area (Å²) in [5.74, 6) is 0. The van der Waals surface area contributed by atoms with Gasteiger partial charge in [-0.15, -0.1) is 6.58 Å². The van der Waals surface area contributed by atoms with Crippen LogP contribution in [0, 0.1) is 0 Å². The largest absolute Gasteiger partial charge is 0.293 e. The van der Waals surface area contributed by atoms with Crippen LogP contribution in [0.2, 0.25) is 0 Å². The van der Waals surface area contributed by atoms with Crippen molar-refractivity contribution >= 4 is 0 Å². The number of likely N-dealkylation sites (tertiary alicyclic amines) is 1. The van der Waals surface area contributed by atoms with Crippen molar-refractivity contribution in [3.63, 3.8) is 0 Å². The first-order chi connectivity index (χ1) is 6.90. The van der Waals surface area contributed by atoms with Gasteiger partial charge in [-0.1, -0.05) is 36.4 Å². The molecule has 1 aliphatic rings. The van der Waals surface area contributed by atoms with Gasteiger partial charge in [-0.05, 0) is 24.9 Å². The summed E-state index contributed by atoms with van der Waals surface area (Å²) in [4.78, 5) is 2.50. The Morgan fingerprint density at radius 2 is 2.14 bits per heavy atom. The molecule has 0 aliphatic carbocycles. The highest BCUT2D eigenvalue weighted by Gasteiger charge is 2.21. The maximum Gasteiger partial charge on any atom is 0.0279 e. The lowest BCUT2D eigenvalue weighted by atomic mass is 10.2. The summed E-state index contributed by atoms with van der Waals surface area (Å²) in [5.41, 5.74) is 1.40. The van der Waals surface area contributed by atoms with E-state index < -0.39 is 0 Å². The van der Waals surface area contributed by atoms with Gasteiger partial charge in [0.15, 0.2) is 0 Å². The maximum absolute atomic E-state index is 3.89. The zero-order chi connectivity index (χ0) is 9.80. The smallest absolute Gasteiger partial charge is 0.0279 e. The van der Waals surface area contributed by atoms with Crippen molar-refractivity contribution in [2.24, 2.45) is 0 Å². The van der Waals surface area contributed by atoms with Crippen LogP contribution >= 0.6 is 0 Å². The van der Waals surface area contributed by atoms with Crippen LogP contribution in [0.15, 0.2) is 43.0 Å². The van der Waals surface area contributed by atoms with E-state index in [1.54, 1.807) is 0 Å². The highest BCUT2D eigenvalue weighted by molar-refractivity contribution is 5.15. The SMILES string of the molecule is C=CC1CCCN1Cc1ccccc1. The predicted molar refractivity (Wildman–Crippen MR) is 60.1 cm³/mol. The lowest BCUT2D eigenvalue weighted by Crippen LogP contribution is -2.26. The van der Waals surface area contributed by atoms with E-state index in [2.05, 4.69) is 47.9 Å². The molecule has 0 radical (unpaired) electrons. The molecular formula is C13H17N. The average Bonchev–Trinajstić information content (AvgIpc) is 2.67. The van der Waals surface area contributed by atoms with E-state index in [1.165, 1.54) is 24.9 Å². The van der Waals surface area contributed by atoms with Crippen LogP contribution in [0.4, 0.5) is 0 Å². The normalized spacial score (nSPS) is 22.4. The molecule has 2 rings (SSSR count). The van der Waals surface area contributed by atoms with Crippen LogP contribution in [0.25, 0.3) is 0 Å². The first-order valence-corrected chi connectivity index (χ1v) is 5.30. The fourth-order valence-corrected chi connectivity index (χ4v) is 2.13. The molecule has 1 aromatic carbocycles. The molecule has 14 heavy (non-hydrogen) atoms. The molecule has 1 saturated heterocycles. The molecule has 1 unspecified atom stereocenters. The van der Waals surface area contributed by atoms with Gasteiger partial charge in [0.05, 0.1) is 0 Å². The van der Waals surface area contributed by atoms with Gasteiger partial charge in [0.2, 0.25) is 0 Å². The Balaban J connectivity index is 2.00. The highest BCUT2D eigenvalue weighted by atomic mass is 15.2. The molecule has 1 heteroatoms. The van der Waals surface area contributed by atoms with Crippen LogP contribution < -0.4 is 0 Å². The Morgan fingerprint density at radius 3 is 2.86 bits per heavy atom. The molecule has 1 aliphatic heterocycles. The topological polar surface area (TPSA) is 3.24 Å². The molecule has 0 amide bonds. The van der Waals surface area contributed by atoms with E-state index in [0.29, 0.717) is 6.04 Å². The second kappa shape index (κ2) is 4.43. The molecular weight excluding hydrogens is 170 g/mol. The molecule has 1 aromatic rings. The van der Waals surface area contributed by atoms with Crippen molar-refractivity contribution in [2.45, 2.75) is 25.4 Å². The minimum atomic E-state index is 0.593. The Morgan fingerprint density at radius 1 is 1.36 bits per heavy atom. The second-order valence-electron chi connectivity index (χ2n) is 3.90. The van der Waals surface area contributed by atoms with Gasteiger partial charge in [-0.3, -0.25) is 4.90 Å². The Bertz CT molecular complexity index is 291. The van der Waals surface area contributed by atoms with Gasteiger partial charge < -0.3 is 0 Å². The average molecular weight is 187 g/mol. The van der Waals surface area contributed by atoms with Crippen LogP contribution in [0.1, 0.15) is 18.4 Å². The summed E-state index contributed by atoms with van der Waals surface area (Å²) in [6.07, 6.45) is 4.66. The van der Waals surface area contributed by atoms with Gasteiger partial charge in [0.25, 0.3) is 0 Å². The van der Waals surface area contributed by atoms with Crippen molar-refractivity contribution in [1.82, 2.24) is 4.90 Å². The molecule has 0 N–H and O–H groups in total. The maximum atomic E-state index is 3.89. The predicted octanol–water partition coefficient (Wildman–Crippen LogP) is 2.84. The van der Waals surface area contributed by atoms with Crippen molar-refractivity contribution in [1.29, 1.82) is 0 Å². The van der Waals surface area contributed by atoms with Crippen LogP contribution in [-0.2, 0) is 6.54 Å². The Hall–Kier alpha value is -1.08. The first-order valence-electron chi connectivity index (χ1n) is 5.30. The van der Waals surface area contributed by atoms with Gasteiger partial charge >= 0.3 is 0 Å². The fraction of sp³-hybridized carbons (Fsp3) is 0.385. The highest BCUT2D eigenvalue weighted by Crippen LogP contribution is 2.20. The first kappa shape index (κ1) is 9.47. The number of rotatable bonds is 3. The third-order valence-electron chi connectivity index (χ3n) is 2.91. The number of hydrogen-bond donors (Lipinski definition) is 0. The van der Waals surface area contributed by atoms with Gasteiger partial charge in [0, 0.05) is 12.6 Å². The summed E-state index contributed by atoms with van der Waals surface area (Å²) < 4.78 is 0. The summed E-state index contributed by atoms with van der Waals surface area (Å²) in [6, 6.07) is 11.3. The molecule has 1 fully saturated rings. The lowest BCUT2D eigenvalue weighted by Gasteiger charge is -2.21. The minimum Gasteiger partial charge on any atom is -0.293 e. The summed E-state index contributed by atoms with van der Waals surface area (Å²) in [5, 5.41) is 0. The van der Waals surface area contributed by atoms with Crippen LogP contribution in [0.5, 0.6) is 0 Å². The molecule has 0 aromatic heterocycles. The Labute approximate surface area is 86.1 Å².